The Kier molecular flexibility index (Phi) is 6.02. The molecule has 1 fully saturated rings. The van der Waals surface area contributed by atoms with Gasteiger partial charge in [0.15, 0.2) is 5.82 Å². The van der Waals surface area contributed by atoms with Crippen LogP contribution in [0.5, 0.6) is 0 Å². The van der Waals surface area contributed by atoms with Gasteiger partial charge in [-0.25, -0.2) is 4.79 Å². The van der Waals surface area contributed by atoms with Gasteiger partial charge in [-0.05, 0) is 50.8 Å². The molecule has 4 N–H and O–H groups in total. The third-order valence-corrected chi connectivity index (χ3v) is 4.19. The minimum atomic E-state index is -0.421. The first-order valence-electron chi connectivity index (χ1n) is 8.23. The van der Waals surface area contributed by atoms with E-state index in [0.29, 0.717) is 18.3 Å². The summed E-state index contributed by atoms with van der Waals surface area (Å²) in [6, 6.07) is 7.59. The zero-order valence-corrected chi connectivity index (χ0v) is 15.2. The highest BCUT2D eigenvalue weighted by Crippen LogP contribution is 2.37. The zero-order valence-electron chi connectivity index (χ0n) is 14.4. The lowest BCUT2D eigenvalue weighted by Crippen LogP contribution is -2.44. The van der Waals surface area contributed by atoms with Crippen LogP contribution in [0.3, 0.4) is 0 Å². The minimum Gasteiger partial charge on any atom is -0.336 e. The number of nitrogens with two attached hydrogens (primary N) is 1. The van der Waals surface area contributed by atoms with Crippen LogP contribution < -0.4 is 16.4 Å². The molecule has 1 aliphatic rings. The van der Waals surface area contributed by atoms with Gasteiger partial charge in [-0.1, -0.05) is 17.3 Å². The van der Waals surface area contributed by atoms with Crippen molar-refractivity contribution in [2.45, 2.75) is 51.2 Å². The molecule has 1 aromatic heterocycles. The van der Waals surface area contributed by atoms with E-state index in [9.17, 15) is 4.79 Å². The normalized spacial score (nSPS) is 15.2. The topological polar surface area (TPSA) is 106 Å². The van der Waals surface area contributed by atoms with Crippen LogP contribution in [0.2, 0.25) is 0 Å². The first-order valence-corrected chi connectivity index (χ1v) is 8.23. The van der Waals surface area contributed by atoms with Gasteiger partial charge in [-0.3, -0.25) is 0 Å². The SMILES string of the molecule is CC(C)NC(=O)NCc1ccc(-c2nc(C3(N)CCC3)no2)cc1.Cl. The Bertz CT molecular complexity index is 710. The van der Waals surface area contributed by atoms with E-state index in [4.69, 9.17) is 10.3 Å². The van der Waals surface area contributed by atoms with Crippen LogP contribution in [0.25, 0.3) is 11.5 Å². The van der Waals surface area contributed by atoms with Gasteiger partial charge in [0.25, 0.3) is 5.89 Å². The third kappa shape index (κ3) is 4.49. The molecule has 136 valence electrons. The fraction of sp³-hybridized carbons (Fsp3) is 0.471. The lowest BCUT2D eigenvalue weighted by Gasteiger charge is -2.34. The molecule has 2 aromatic rings. The van der Waals surface area contributed by atoms with E-state index < -0.39 is 5.54 Å². The van der Waals surface area contributed by atoms with Crippen molar-refractivity contribution in [3.8, 4) is 11.5 Å². The molecule has 0 saturated heterocycles. The lowest BCUT2D eigenvalue weighted by atomic mass is 9.77. The molecule has 2 amide bonds. The molecule has 0 atom stereocenters. The molecule has 0 unspecified atom stereocenters. The highest BCUT2D eigenvalue weighted by atomic mass is 35.5. The number of benzene rings is 1. The molecule has 0 bridgehead atoms. The smallest absolute Gasteiger partial charge is 0.315 e. The number of hydrogen-bond donors (Lipinski definition) is 3. The van der Waals surface area contributed by atoms with E-state index in [-0.39, 0.29) is 24.5 Å². The van der Waals surface area contributed by atoms with Crippen molar-refractivity contribution in [3.05, 3.63) is 35.7 Å². The van der Waals surface area contributed by atoms with Crippen molar-refractivity contribution in [1.29, 1.82) is 0 Å². The molecule has 25 heavy (non-hydrogen) atoms. The Morgan fingerprint density at radius 2 is 2.00 bits per heavy atom. The van der Waals surface area contributed by atoms with Gasteiger partial charge in [0, 0.05) is 18.2 Å². The quantitative estimate of drug-likeness (QED) is 0.755. The minimum absolute atomic E-state index is 0. The summed E-state index contributed by atoms with van der Waals surface area (Å²) in [4.78, 5) is 16.0. The van der Waals surface area contributed by atoms with Crippen LogP contribution in [0.4, 0.5) is 4.79 Å². The average molecular weight is 366 g/mol. The number of urea groups is 1. The maximum atomic E-state index is 11.6. The molecule has 7 nitrogen and oxygen atoms in total. The Labute approximate surface area is 153 Å². The van der Waals surface area contributed by atoms with E-state index in [2.05, 4.69) is 20.8 Å². The predicted octanol–water partition coefficient (Wildman–Crippen LogP) is 2.70. The Hall–Kier alpha value is -2.12. The average Bonchev–Trinajstić information content (AvgIpc) is 3.01. The van der Waals surface area contributed by atoms with Gasteiger partial charge in [-0.2, -0.15) is 4.98 Å². The van der Waals surface area contributed by atoms with Crippen molar-refractivity contribution in [2.24, 2.45) is 5.73 Å². The summed E-state index contributed by atoms with van der Waals surface area (Å²) in [6.45, 7) is 4.30. The van der Waals surface area contributed by atoms with Crippen molar-refractivity contribution >= 4 is 18.4 Å². The van der Waals surface area contributed by atoms with Gasteiger partial charge >= 0.3 is 6.03 Å². The largest absolute Gasteiger partial charge is 0.336 e. The van der Waals surface area contributed by atoms with E-state index in [1.54, 1.807) is 0 Å². The number of carbonyl (C=O) groups is 1. The first-order chi connectivity index (χ1) is 11.5. The van der Waals surface area contributed by atoms with Crippen molar-refractivity contribution in [1.82, 2.24) is 20.8 Å². The maximum Gasteiger partial charge on any atom is 0.315 e. The molecule has 1 aliphatic carbocycles. The van der Waals surface area contributed by atoms with Crippen molar-refractivity contribution in [3.63, 3.8) is 0 Å². The fourth-order valence-electron chi connectivity index (χ4n) is 2.58. The number of nitrogens with zero attached hydrogens (tertiary/aromatic N) is 2. The molecule has 1 saturated carbocycles. The number of nitrogens with one attached hydrogen (secondary N) is 2. The number of hydrogen-bond acceptors (Lipinski definition) is 5. The van der Waals surface area contributed by atoms with Crippen molar-refractivity contribution < 1.29 is 9.32 Å². The monoisotopic (exact) mass is 365 g/mol. The molecular weight excluding hydrogens is 342 g/mol. The van der Waals surface area contributed by atoms with Crippen LogP contribution in [0.15, 0.2) is 28.8 Å². The second-order valence-electron chi connectivity index (χ2n) is 6.61. The second kappa shape index (κ2) is 7.84. The third-order valence-electron chi connectivity index (χ3n) is 4.19. The number of amides is 2. The predicted molar refractivity (Wildman–Crippen MR) is 97.2 cm³/mol. The zero-order chi connectivity index (χ0) is 17.2. The standard InChI is InChI=1S/C17H23N5O2.ClH/c1-11(2)20-16(23)19-10-12-4-6-13(7-5-12)14-21-15(22-24-14)17(18)8-3-9-17;/h4-7,11H,3,8-10,18H2,1-2H3,(H2,19,20,23);1H. The molecule has 0 radical (unpaired) electrons. The first kappa shape index (κ1) is 19.2. The summed E-state index contributed by atoms with van der Waals surface area (Å²) in [5.41, 5.74) is 7.62. The molecule has 3 rings (SSSR count). The Balaban J connectivity index is 0.00000225. The highest BCUT2D eigenvalue weighted by molar-refractivity contribution is 5.85. The lowest BCUT2D eigenvalue weighted by molar-refractivity contribution is 0.229. The molecular formula is C17H24ClN5O2. The summed E-state index contributed by atoms with van der Waals surface area (Å²) < 4.78 is 5.33. The van der Waals surface area contributed by atoms with E-state index in [1.165, 1.54) is 0 Å². The van der Waals surface area contributed by atoms with E-state index in [1.807, 2.05) is 38.1 Å². The maximum absolute atomic E-state index is 11.6. The number of aromatic nitrogens is 2. The van der Waals surface area contributed by atoms with Crippen LogP contribution in [-0.2, 0) is 12.1 Å². The van der Waals surface area contributed by atoms with Gasteiger partial charge in [0.1, 0.15) is 0 Å². The second-order valence-corrected chi connectivity index (χ2v) is 6.61. The van der Waals surface area contributed by atoms with Crippen LogP contribution in [0.1, 0.15) is 44.5 Å². The molecule has 1 aromatic carbocycles. The van der Waals surface area contributed by atoms with Crippen LogP contribution in [-0.4, -0.2) is 22.2 Å². The van der Waals surface area contributed by atoms with Crippen LogP contribution in [0, 0.1) is 0 Å². The van der Waals surface area contributed by atoms with E-state index >= 15 is 0 Å². The highest BCUT2D eigenvalue weighted by Gasteiger charge is 2.39. The fourth-order valence-corrected chi connectivity index (χ4v) is 2.58. The number of rotatable bonds is 5. The molecule has 1 heterocycles. The molecule has 0 spiro atoms. The Morgan fingerprint density at radius 3 is 2.56 bits per heavy atom. The van der Waals surface area contributed by atoms with Gasteiger partial charge in [-0.15, -0.1) is 12.4 Å². The van der Waals surface area contributed by atoms with Crippen molar-refractivity contribution in [2.75, 3.05) is 0 Å². The summed E-state index contributed by atoms with van der Waals surface area (Å²) in [5, 5.41) is 9.61. The summed E-state index contributed by atoms with van der Waals surface area (Å²) in [7, 11) is 0. The molecule has 0 aliphatic heterocycles. The molecule has 8 heteroatoms. The van der Waals surface area contributed by atoms with Gasteiger partial charge in [0.05, 0.1) is 5.54 Å². The summed E-state index contributed by atoms with van der Waals surface area (Å²) in [6.07, 6.45) is 2.90. The summed E-state index contributed by atoms with van der Waals surface area (Å²) in [5.74, 6) is 1.05. The number of carbonyl (C=O) groups excluding carboxylic acids is 1. The summed E-state index contributed by atoms with van der Waals surface area (Å²) >= 11 is 0. The Morgan fingerprint density at radius 1 is 1.32 bits per heavy atom. The van der Waals surface area contributed by atoms with Gasteiger partial charge < -0.3 is 20.9 Å². The van der Waals surface area contributed by atoms with Crippen LogP contribution >= 0.6 is 12.4 Å². The number of halogens is 1. The van der Waals surface area contributed by atoms with Gasteiger partial charge in [0.2, 0.25) is 0 Å². The van der Waals surface area contributed by atoms with E-state index in [0.717, 1.165) is 30.4 Å².